The number of aromatic nitrogens is 3. The molecule has 1 fully saturated rings. The lowest BCUT2D eigenvalue weighted by Gasteiger charge is -2.26. The molecule has 0 unspecified atom stereocenters. The van der Waals surface area contributed by atoms with Crippen LogP contribution in [0.25, 0.3) is 0 Å². The van der Waals surface area contributed by atoms with Gasteiger partial charge in [-0.2, -0.15) is 9.97 Å². The van der Waals surface area contributed by atoms with Crippen LogP contribution in [0.5, 0.6) is 0 Å². The number of hydrazine groups is 1. The van der Waals surface area contributed by atoms with Crippen molar-refractivity contribution in [3.8, 4) is 0 Å². The second-order valence-electron chi connectivity index (χ2n) is 7.41. The van der Waals surface area contributed by atoms with Gasteiger partial charge in [-0.3, -0.25) is 30.1 Å². The Labute approximate surface area is 159 Å². The van der Waals surface area contributed by atoms with E-state index in [0.29, 0.717) is 34.4 Å². The van der Waals surface area contributed by atoms with E-state index in [1.165, 1.54) is 6.33 Å². The first kappa shape index (κ1) is 21.0. The summed E-state index contributed by atoms with van der Waals surface area (Å²) in [6.45, 7) is 2.01. The van der Waals surface area contributed by atoms with Gasteiger partial charge in [-0.05, 0) is 6.42 Å². The number of carbonyl (C=O) groups excluding carboxylic acids is 2. The second kappa shape index (κ2) is 9.56. The van der Waals surface area contributed by atoms with Crippen molar-refractivity contribution in [2.75, 3.05) is 26.1 Å². The zero-order valence-electron chi connectivity index (χ0n) is 16.3. The van der Waals surface area contributed by atoms with Crippen molar-refractivity contribution >= 4 is 24.2 Å². The van der Waals surface area contributed by atoms with E-state index in [9.17, 15) is 14.8 Å². The first-order valence-corrected chi connectivity index (χ1v) is 9.38. The van der Waals surface area contributed by atoms with Crippen molar-refractivity contribution in [3.63, 3.8) is 0 Å². The predicted molar refractivity (Wildman–Crippen MR) is 100 cm³/mol. The van der Waals surface area contributed by atoms with Crippen LogP contribution in [0.2, 0.25) is 0 Å². The third-order valence-corrected chi connectivity index (χ3v) is 4.89. The molecule has 10 nitrogen and oxygen atoms in total. The minimum atomic E-state index is -0.528. The van der Waals surface area contributed by atoms with E-state index in [1.807, 2.05) is 14.1 Å². The van der Waals surface area contributed by atoms with Gasteiger partial charge in [0.15, 0.2) is 0 Å². The van der Waals surface area contributed by atoms with Gasteiger partial charge < -0.3 is 0 Å². The Morgan fingerprint density at radius 2 is 2.15 bits per heavy atom. The summed E-state index contributed by atoms with van der Waals surface area (Å²) in [4.78, 5) is 35.8. The number of rotatable bonds is 12. The van der Waals surface area contributed by atoms with Crippen LogP contribution in [0.4, 0.5) is 11.9 Å². The van der Waals surface area contributed by atoms with E-state index in [0.717, 1.165) is 32.1 Å². The van der Waals surface area contributed by atoms with Gasteiger partial charge >= 0.3 is 5.95 Å². The number of nitrogens with zero attached hydrogens (tertiary/aromatic N) is 5. The molecule has 27 heavy (non-hydrogen) atoms. The van der Waals surface area contributed by atoms with Gasteiger partial charge in [0.2, 0.25) is 18.3 Å². The van der Waals surface area contributed by atoms with Crippen LogP contribution < -0.4 is 15.3 Å². The number of quaternary nitrogens is 1. The van der Waals surface area contributed by atoms with Crippen LogP contribution in [0, 0.1) is 5.92 Å². The summed E-state index contributed by atoms with van der Waals surface area (Å²) >= 11 is 0. The molecule has 10 heteroatoms. The molecule has 0 aliphatic heterocycles. The highest BCUT2D eigenvalue weighted by atomic mass is 16.5. The molecular weight excluding hydrogens is 350 g/mol. The first-order valence-electron chi connectivity index (χ1n) is 9.38. The minimum Gasteiger partial charge on any atom is -0.286 e. The number of carbonyl (C=O) groups is 2. The average molecular weight is 380 g/mol. The molecule has 150 valence electrons. The molecule has 0 saturated heterocycles. The molecule has 0 radical (unpaired) electrons. The molecule has 2 amide bonds. The fourth-order valence-corrected chi connectivity index (χ4v) is 2.94. The smallest absolute Gasteiger partial charge is 0.286 e. The maximum absolute atomic E-state index is 12.5. The Kier molecular flexibility index (Phi) is 7.43. The summed E-state index contributed by atoms with van der Waals surface area (Å²) in [6, 6.07) is 0.511. The lowest BCUT2D eigenvalue weighted by Crippen LogP contribution is -2.44. The molecule has 2 rings (SSSR count). The monoisotopic (exact) mass is 380 g/mol. The van der Waals surface area contributed by atoms with Crippen molar-refractivity contribution in [2.45, 2.75) is 51.5 Å². The summed E-state index contributed by atoms with van der Waals surface area (Å²) in [6.07, 6.45) is 7.41. The summed E-state index contributed by atoms with van der Waals surface area (Å²) in [5.74, 6) is 0.0270. The Balaban J connectivity index is 1.95. The van der Waals surface area contributed by atoms with E-state index in [4.69, 9.17) is 0 Å². The van der Waals surface area contributed by atoms with E-state index < -0.39 is 5.92 Å². The van der Waals surface area contributed by atoms with Gasteiger partial charge in [0, 0.05) is 12.8 Å². The average Bonchev–Trinajstić information content (AvgIpc) is 3.51. The molecule has 1 aliphatic carbocycles. The second-order valence-corrected chi connectivity index (χ2v) is 7.41. The molecule has 0 spiro atoms. The fraction of sp³-hybridized carbons (Fsp3) is 0.706. The van der Waals surface area contributed by atoms with E-state index >= 15 is 0 Å². The van der Waals surface area contributed by atoms with Crippen LogP contribution >= 0.6 is 0 Å². The quantitative estimate of drug-likeness (QED) is 0.163. The fourth-order valence-electron chi connectivity index (χ4n) is 2.94. The molecule has 1 heterocycles. The molecule has 1 aromatic heterocycles. The van der Waals surface area contributed by atoms with Crippen LogP contribution in [0.3, 0.4) is 0 Å². The van der Waals surface area contributed by atoms with Gasteiger partial charge in [-0.25, -0.2) is 5.06 Å². The minimum absolute atomic E-state index is 0.0607. The van der Waals surface area contributed by atoms with Crippen LogP contribution in [-0.2, 0) is 9.59 Å². The summed E-state index contributed by atoms with van der Waals surface area (Å²) in [7, 11) is 4.10. The van der Waals surface area contributed by atoms with E-state index in [2.05, 4.69) is 32.7 Å². The number of hydrogen-bond donors (Lipinski definition) is 3. The Morgan fingerprint density at radius 3 is 2.78 bits per heavy atom. The van der Waals surface area contributed by atoms with Gasteiger partial charge in [-0.1, -0.05) is 26.2 Å². The van der Waals surface area contributed by atoms with Gasteiger partial charge in [0.25, 0.3) is 0 Å². The number of amides is 2. The van der Waals surface area contributed by atoms with Gasteiger partial charge in [0.05, 0.1) is 32.6 Å². The largest absolute Gasteiger partial charge is 0.333 e. The number of hydrogen-bond acceptors (Lipinski definition) is 7. The number of hydroxylamine groups is 2. The highest BCUT2D eigenvalue weighted by molar-refractivity contribution is 5.80. The number of unbranched alkanes of at least 4 members (excludes halogenated alkanes) is 2. The molecule has 0 bridgehead atoms. The third kappa shape index (κ3) is 6.10. The van der Waals surface area contributed by atoms with Crippen LogP contribution in [0.1, 0.15) is 45.4 Å². The Bertz CT molecular complexity index is 637. The van der Waals surface area contributed by atoms with Crippen molar-refractivity contribution in [1.82, 2.24) is 29.9 Å². The standard InChI is InChI=1S/C17H29N7O3/c1-4-5-6-7-13(10-23(27)12-25)15(26)21-22-16-18-11-19-17(20-16)24(2,3)14-8-9-14/h11-14,27H,4-10H2,1-3H3,(H-,18,19,20,21,22,26)/p+1/t13-/m1/s1. The van der Waals surface area contributed by atoms with Crippen molar-refractivity contribution < 1.29 is 14.8 Å². The zero-order valence-corrected chi connectivity index (χ0v) is 16.3. The van der Waals surface area contributed by atoms with E-state index in [1.54, 1.807) is 0 Å². The Hall–Kier alpha value is -2.33. The Morgan fingerprint density at radius 1 is 1.41 bits per heavy atom. The molecule has 1 atom stereocenters. The summed E-state index contributed by atoms with van der Waals surface area (Å²) < 4.78 is 0.573. The first-order chi connectivity index (χ1) is 12.9. The van der Waals surface area contributed by atoms with Gasteiger partial charge in [-0.15, -0.1) is 4.98 Å². The maximum Gasteiger partial charge on any atom is 0.333 e. The highest BCUT2D eigenvalue weighted by Crippen LogP contribution is 2.33. The molecule has 1 aromatic rings. The normalized spacial score (nSPS) is 15.1. The third-order valence-electron chi connectivity index (χ3n) is 4.89. The molecule has 1 saturated carbocycles. The van der Waals surface area contributed by atoms with Gasteiger partial charge in [0.1, 0.15) is 6.33 Å². The highest BCUT2D eigenvalue weighted by Gasteiger charge is 2.42. The molecule has 1 aliphatic rings. The van der Waals surface area contributed by atoms with Crippen LogP contribution in [-0.4, -0.2) is 64.2 Å². The summed E-state index contributed by atoms with van der Waals surface area (Å²) in [5, 5.41) is 9.93. The van der Waals surface area contributed by atoms with Crippen LogP contribution in [0.15, 0.2) is 6.33 Å². The maximum atomic E-state index is 12.5. The van der Waals surface area contributed by atoms with Crippen molar-refractivity contribution in [2.24, 2.45) is 5.92 Å². The number of nitrogens with one attached hydrogen (secondary N) is 2. The number of anilines is 1. The molecule has 3 N–H and O–H groups in total. The topological polar surface area (TPSA) is 120 Å². The van der Waals surface area contributed by atoms with Crippen molar-refractivity contribution in [3.05, 3.63) is 6.33 Å². The molecular formula is C17H30N7O3+. The lowest BCUT2D eigenvalue weighted by atomic mass is 10.0. The molecule has 0 aromatic carbocycles. The van der Waals surface area contributed by atoms with E-state index in [-0.39, 0.29) is 18.4 Å². The summed E-state index contributed by atoms with van der Waals surface area (Å²) in [5.41, 5.74) is 5.29. The zero-order chi connectivity index (χ0) is 19.9. The SMILES string of the molecule is CCCCC[C@H](CN(O)C=O)C(=O)NNc1ncnc([N+](C)(C)C2CC2)n1. The van der Waals surface area contributed by atoms with Crippen molar-refractivity contribution in [1.29, 1.82) is 0 Å². The predicted octanol–water partition coefficient (Wildman–Crippen LogP) is 1.09. The lowest BCUT2D eigenvalue weighted by molar-refractivity contribution is -0.154.